The number of carbonyl (C=O) groups excluding carboxylic acids is 2. The smallest absolute Gasteiger partial charge is 0.289 e. The van der Waals surface area contributed by atoms with Gasteiger partial charge in [-0.15, -0.1) is 0 Å². The van der Waals surface area contributed by atoms with Gasteiger partial charge < -0.3 is 19.7 Å². The van der Waals surface area contributed by atoms with Gasteiger partial charge in [0, 0.05) is 7.05 Å². The quantitative estimate of drug-likeness (QED) is 0.854. The molecule has 1 aromatic rings. The van der Waals surface area contributed by atoms with E-state index in [2.05, 4.69) is 5.32 Å². The lowest BCUT2D eigenvalue weighted by atomic mass is 9.82. The fourth-order valence-corrected chi connectivity index (χ4v) is 2.76. The Morgan fingerprint density at radius 2 is 2.10 bits per heavy atom. The second-order valence-electron chi connectivity index (χ2n) is 5.69. The van der Waals surface area contributed by atoms with E-state index >= 15 is 0 Å². The summed E-state index contributed by atoms with van der Waals surface area (Å²) in [6.07, 6.45) is 6.12. The fraction of sp³-hybridized carbons (Fsp3) is 0.600. The molecule has 6 nitrogen and oxygen atoms in total. The van der Waals surface area contributed by atoms with E-state index in [-0.39, 0.29) is 30.7 Å². The van der Waals surface area contributed by atoms with Gasteiger partial charge in [0.05, 0.1) is 25.0 Å². The molecule has 0 aromatic carbocycles. The first-order valence-corrected chi connectivity index (χ1v) is 7.27. The highest BCUT2D eigenvalue weighted by atomic mass is 16.3. The number of hydrogen-bond donors (Lipinski definition) is 2. The number of aliphatic hydroxyl groups is 1. The third kappa shape index (κ3) is 3.85. The first-order valence-electron chi connectivity index (χ1n) is 7.27. The summed E-state index contributed by atoms with van der Waals surface area (Å²) < 4.78 is 5.03. The van der Waals surface area contributed by atoms with Crippen molar-refractivity contribution in [1.82, 2.24) is 10.2 Å². The molecule has 1 fully saturated rings. The minimum Gasteiger partial charge on any atom is -0.459 e. The highest BCUT2D eigenvalue weighted by Gasteiger charge is 2.33. The van der Waals surface area contributed by atoms with E-state index < -0.39 is 5.54 Å². The van der Waals surface area contributed by atoms with E-state index in [4.69, 9.17) is 4.42 Å². The van der Waals surface area contributed by atoms with Crippen LogP contribution in [0.4, 0.5) is 0 Å². The highest BCUT2D eigenvalue weighted by molar-refractivity contribution is 5.94. The van der Waals surface area contributed by atoms with Gasteiger partial charge in [0.15, 0.2) is 5.76 Å². The Morgan fingerprint density at radius 1 is 1.38 bits per heavy atom. The highest BCUT2D eigenvalue weighted by Crippen LogP contribution is 2.27. The number of carbonyl (C=O) groups is 2. The maximum atomic E-state index is 12.1. The van der Waals surface area contributed by atoms with Crippen molar-refractivity contribution in [3.63, 3.8) is 0 Å². The fourth-order valence-electron chi connectivity index (χ4n) is 2.76. The van der Waals surface area contributed by atoms with Crippen molar-refractivity contribution in [1.29, 1.82) is 0 Å². The van der Waals surface area contributed by atoms with Gasteiger partial charge in [-0.25, -0.2) is 0 Å². The molecule has 1 aromatic heterocycles. The van der Waals surface area contributed by atoms with Gasteiger partial charge in [0.25, 0.3) is 5.91 Å². The Bertz CT molecular complexity index is 478. The van der Waals surface area contributed by atoms with E-state index in [0.717, 1.165) is 32.1 Å². The lowest BCUT2D eigenvalue weighted by Crippen LogP contribution is -2.54. The lowest BCUT2D eigenvalue weighted by molar-refractivity contribution is -0.124. The van der Waals surface area contributed by atoms with Crippen LogP contribution in [0, 0.1) is 0 Å². The Labute approximate surface area is 124 Å². The van der Waals surface area contributed by atoms with Crippen LogP contribution in [-0.4, -0.2) is 47.6 Å². The zero-order chi connectivity index (χ0) is 15.3. The zero-order valence-electron chi connectivity index (χ0n) is 12.3. The van der Waals surface area contributed by atoms with Crippen molar-refractivity contribution >= 4 is 11.8 Å². The van der Waals surface area contributed by atoms with Gasteiger partial charge in [-0.3, -0.25) is 9.59 Å². The summed E-state index contributed by atoms with van der Waals surface area (Å²) in [5.74, 6) is -0.384. The first-order chi connectivity index (χ1) is 10.1. The monoisotopic (exact) mass is 294 g/mol. The van der Waals surface area contributed by atoms with Crippen LogP contribution in [0.5, 0.6) is 0 Å². The number of nitrogens with zero attached hydrogens (tertiary/aromatic N) is 1. The van der Waals surface area contributed by atoms with Gasteiger partial charge in [0.1, 0.15) is 0 Å². The average Bonchev–Trinajstić information content (AvgIpc) is 3.01. The van der Waals surface area contributed by atoms with E-state index in [1.54, 1.807) is 19.2 Å². The molecular formula is C15H22N2O4. The maximum Gasteiger partial charge on any atom is 0.289 e. The van der Waals surface area contributed by atoms with Crippen molar-refractivity contribution in [3.05, 3.63) is 24.2 Å². The summed E-state index contributed by atoms with van der Waals surface area (Å²) >= 11 is 0. The molecule has 2 amide bonds. The summed E-state index contributed by atoms with van der Waals surface area (Å²) in [4.78, 5) is 25.4. The molecule has 0 bridgehead atoms. The number of hydrogen-bond acceptors (Lipinski definition) is 4. The van der Waals surface area contributed by atoms with E-state index in [0.29, 0.717) is 0 Å². The molecule has 6 heteroatoms. The Hall–Kier alpha value is -1.82. The van der Waals surface area contributed by atoms with Gasteiger partial charge in [-0.05, 0) is 25.0 Å². The second-order valence-corrected chi connectivity index (χ2v) is 5.69. The molecule has 0 aliphatic heterocycles. The summed E-state index contributed by atoms with van der Waals surface area (Å²) in [5.41, 5.74) is -0.524. The standard InChI is InChI=1S/C15H22N2O4/c1-17(14(20)12-6-5-9-21-12)10-13(19)16-15(11-18)7-3-2-4-8-15/h5-6,9,18H,2-4,7-8,10-11H2,1H3,(H,16,19). The van der Waals surface area contributed by atoms with E-state index in [1.165, 1.54) is 11.2 Å². The normalized spacial score (nSPS) is 17.2. The molecule has 0 saturated heterocycles. The van der Waals surface area contributed by atoms with Crippen LogP contribution in [0.2, 0.25) is 0 Å². The molecule has 0 atom stereocenters. The van der Waals surface area contributed by atoms with Crippen LogP contribution >= 0.6 is 0 Å². The number of amides is 2. The molecule has 0 radical (unpaired) electrons. The summed E-state index contributed by atoms with van der Waals surface area (Å²) in [6.45, 7) is -0.115. The van der Waals surface area contributed by atoms with Gasteiger partial charge >= 0.3 is 0 Å². The maximum absolute atomic E-state index is 12.1. The Kier molecular flexibility index (Phi) is 5.01. The number of nitrogens with one attached hydrogen (secondary N) is 1. The van der Waals surface area contributed by atoms with Crippen molar-refractivity contribution in [2.75, 3.05) is 20.2 Å². The zero-order valence-corrected chi connectivity index (χ0v) is 12.3. The van der Waals surface area contributed by atoms with Gasteiger partial charge in [-0.2, -0.15) is 0 Å². The molecule has 2 rings (SSSR count). The molecule has 1 aliphatic rings. The van der Waals surface area contributed by atoms with Crippen molar-refractivity contribution in [3.8, 4) is 0 Å². The lowest BCUT2D eigenvalue weighted by Gasteiger charge is -2.36. The minimum atomic E-state index is -0.524. The van der Waals surface area contributed by atoms with Crippen LogP contribution in [0.25, 0.3) is 0 Å². The van der Waals surface area contributed by atoms with Crippen molar-refractivity contribution in [2.24, 2.45) is 0 Å². The second kappa shape index (κ2) is 6.76. The number of furan rings is 1. The molecule has 1 aliphatic carbocycles. The molecule has 2 N–H and O–H groups in total. The molecule has 21 heavy (non-hydrogen) atoms. The SMILES string of the molecule is CN(CC(=O)NC1(CO)CCCCC1)C(=O)c1ccco1. The topological polar surface area (TPSA) is 82.8 Å². The summed E-state index contributed by atoms with van der Waals surface area (Å²) in [6, 6.07) is 3.19. The van der Waals surface area contributed by atoms with Crippen LogP contribution in [0.1, 0.15) is 42.7 Å². The van der Waals surface area contributed by atoms with Crippen LogP contribution in [-0.2, 0) is 4.79 Å². The molecule has 116 valence electrons. The van der Waals surface area contributed by atoms with Crippen molar-refractivity contribution < 1.29 is 19.1 Å². The third-order valence-electron chi connectivity index (χ3n) is 3.98. The van der Waals surface area contributed by atoms with Crippen LogP contribution in [0.3, 0.4) is 0 Å². The van der Waals surface area contributed by atoms with Gasteiger partial charge in [-0.1, -0.05) is 19.3 Å². The third-order valence-corrected chi connectivity index (χ3v) is 3.98. The predicted octanol–water partition coefficient (Wildman–Crippen LogP) is 1.16. The van der Waals surface area contributed by atoms with E-state index in [1.807, 2.05) is 0 Å². The summed E-state index contributed by atoms with van der Waals surface area (Å²) in [7, 11) is 1.55. The number of aliphatic hydroxyl groups excluding tert-OH is 1. The number of likely N-dealkylation sites (N-methyl/N-ethyl adjacent to an activating group) is 1. The van der Waals surface area contributed by atoms with Crippen LogP contribution < -0.4 is 5.32 Å². The molecule has 1 heterocycles. The molecular weight excluding hydrogens is 272 g/mol. The molecule has 0 unspecified atom stereocenters. The largest absolute Gasteiger partial charge is 0.459 e. The minimum absolute atomic E-state index is 0.0543. The molecule has 1 saturated carbocycles. The number of rotatable bonds is 5. The Morgan fingerprint density at radius 3 is 2.67 bits per heavy atom. The predicted molar refractivity (Wildman–Crippen MR) is 76.7 cm³/mol. The summed E-state index contributed by atoms with van der Waals surface area (Å²) in [5, 5.41) is 12.5. The van der Waals surface area contributed by atoms with Crippen LogP contribution in [0.15, 0.2) is 22.8 Å². The Balaban J connectivity index is 1.90. The first kappa shape index (κ1) is 15.6. The van der Waals surface area contributed by atoms with Gasteiger partial charge in [0.2, 0.25) is 5.91 Å². The molecule has 0 spiro atoms. The van der Waals surface area contributed by atoms with E-state index in [9.17, 15) is 14.7 Å². The van der Waals surface area contributed by atoms with Crippen molar-refractivity contribution in [2.45, 2.75) is 37.6 Å². The average molecular weight is 294 g/mol.